The van der Waals surface area contributed by atoms with Crippen LogP contribution in [-0.4, -0.2) is 39.4 Å². The van der Waals surface area contributed by atoms with E-state index in [0.717, 1.165) is 32.3 Å². The van der Waals surface area contributed by atoms with Gasteiger partial charge >= 0.3 is 0 Å². The zero-order chi connectivity index (χ0) is 11.1. The molecule has 3 nitrogen and oxygen atoms in total. The van der Waals surface area contributed by atoms with Gasteiger partial charge in [0.15, 0.2) is 0 Å². The van der Waals surface area contributed by atoms with Crippen LogP contribution < -0.4 is 10.6 Å². The number of ether oxygens (including phenoxy) is 1. The topological polar surface area (TPSA) is 33.3 Å². The van der Waals surface area contributed by atoms with Crippen LogP contribution in [0.1, 0.15) is 33.1 Å². The largest absolute Gasteiger partial charge is 0.383 e. The Morgan fingerprint density at radius 1 is 1.27 bits per heavy atom. The molecule has 1 atom stereocenters. The Bertz CT molecular complexity index is 171. The Hall–Kier alpha value is -0.120. The molecule has 15 heavy (non-hydrogen) atoms. The van der Waals surface area contributed by atoms with E-state index in [2.05, 4.69) is 24.5 Å². The highest BCUT2D eigenvalue weighted by atomic mass is 16.5. The summed E-state index contributed by atoms with van der Waals surface area (Å²) in [5.74, 6) is 0. The molecule has 0 aromatic heterocycles. The van der Waals surface area contributed by atoms with Crippen LogP contribution in [0.2, 0.25) is 0 Å². The van der Waals surface area contributed by atoms with Gasteiger partial charge in [0.1, 0.15) is 0 Å². The van der Waals surface area contributed by atoms with Crippen molar-refractivity contribution in [1.82, 2.24) is 10.6 Å². The first-order valence-electron chi connectivity index (χ1n) is 6.07. The van der Waals surface area contributed by atoms with Crippen molar-refractivity contribution >= 4 is 0 Å². The zero-order valence-corrected chi connectivity index (χ0v) is 10.4. The molecule has 1 aliphatic carbocycles. The smallest absolute Gasteiger partial charge is 0.0587 e. The normalized spacial score (nSPS) is 24.6. The monoisotopic (exact) mass is 214 g/mol. The van der Waals surface area contributed by atoms with E-state index >= 15 is 0 Å². The summed E-state index contributed by atoms with van der Waals surface area (Å²) < 4.78 is 4.97. The number of hydrogen-bond acceptors (Lipinski definition) is 3. The molecule has 1 saturated carbocycles. The van der Waals surface area contributed by atoms with Crippen LogP contribution in [0.5, 0.6) is 0 Å². The van der Waals surface area contributed by atoms with Crippen molar-refractivity contribution in [3.63, 3.8) is 0 Å². The van der Waals surface area contributed by atoms with Gasteiger partial charge in [-0.1, -0.05) is 13.8 Å². The molecule has 0 heterocycles. The second-order valence-corrected chi connectivity index (χ2v) is 5.30. The molecule has 0 spiro atoms. The number of nitrogens with one attached hydrogen (secondary N) is 2. The molecule has 0 bridgehead atoms. The van der Waals surface area contributed by atoms with Gasteiger partial charge in [0.2, 0.25) is 0 Å². The van der Waals surface area contributed by atoms with Crippen molar-refractivity contribution in [2.24, 2.45) is 5.41 Å². The summed E-state index contributed by atoms with van der Waals surface area (Å²) in [5.41, 5.74) is 0.557. The van der Waals surface area contributed by atoms with Crippen molar-refractivity contribution in [1.29, 1.82) is 0 Å². The molecule has 0 saturated heterocycles. The van der Waals surface area contributed by atoms with Gasteiger partial charge in [-0.05, 0) is 24.7 Å². The zero-order valence-electron chi connectivity index (χ0n) is 10.4. The molecule has 0 radical (unpaired) electrons. The van der Waals surface area contributed by atoms with E-state index in [1.165, 1.54) is 19.3 Å². The third-order valence-corrected chi connectivity index (χ3v) is 3.19. The minimum atomic E-state index is 0.557. The van der Waals surface area contributed by atoms with Crippen LogP contribution in [-0.2, 0) is 4.74 Å². The average Bonchev–Trinajstić information content (AvgIpc) is 2.52. The molecule has 2 N–H and O–H groups in total. The van der Waals surface area contributed by atoms with Gasteiger partial charge in [0.05, 0.1) is 6.61 Å². The summed E-state index contributed by atoms with van der Waals surface area (Å²) in [7, 11) is 1.74. The Balaban J connectivity index is 1.93. The summed E-state index contributed by atoms with van der Waals surface area (Å²) in [6, 6.07) is 0.740. The molecule has 3 heteroatoms. The lowest BCUT2D eigenvalue weighted by atomic mass is 9.92. The van der Waals surface area contributed by atoms with Gasteiger partial charge in [0.25, 0.3) is 0 Å². The second-order valence-electron chi connectivity index (χ2n) is 5.30. The standard InChI is InChI=1S/C12H26N2O/c1-12(2)5-4-11(10-12)14-7-6-13-8-9-15-3/h11,13-14H,4-10H2,1-3H3. The highest BCUT2D eigenvalue weighted by molar-refractivity contribution is 4.86. The molecule has 0 aromatic rings. The fourth-order valence-corrected chi connectivity index (χ4v) is 2.27. The lowest BCUT2D eigenvalue weighted by molar-refractivity contribution is 0.199. The quantitative estimate of drug-likeness (QED) is 0.628. The summed E-state index contributed by atoms with van der Waals surface area (Å²) in [6.45, 7) is 8.60. The Kier molecular flexibility index (Phi) is 5.58. The van der Waals surface area contributed by atoms with Crippen LogP contribution in [0.15, 0.2) is 0 Å². The Labute approximate surface area is 94.0 Å². The highest BCUT2D eigenvalue weighted by Gasteiger charge is 2.30. The van der Waals surface area contributed by atoms with E-state index < -0.39 is 0 Å². The highest BCUT2D eigenvalue weighted by Crippen LogP contribution is 2.36. The first kappa shape index (κ1) is 12.9. The van der Waals surface area contributed by atoms with E-state index in [4.69, 9.17) is 4.74 Å². The average molecular weight is 214 g/mol. The molecular formula is C12H26N2O. The van der Waals surface area contributed by atoms with Crippen molar-refractivity contribution < 1.29 is 4.74 Å². The fraction of sp³-hybridized carbons (Fsp3) is 1.00. The second kappa shape index (κ2) is 6.46. The SMILES string of the molecule is COCCNCCNC1CCC(C)(C)C1. The first-order valence-corrected chi connectivity index (χ1v) is 6.07. The minimum absolute atomic E-state index is 0.557. The molecule has 1 aliphatic rings. The van der Waals surface area contributed by atoms with E-state index in [1.54, 1.807) is 7.11 Å². The third-order valence-electron chi connectivity index (χ3n) is 3.19. The summed E-state index contributed by atoms with van der Waals surface area (Å²) in [4.78, 5) is 0. The Morgan fingerprint density at radius 2 is 2.07 bits per heavy atom. The van der Waals surface area contributed by atoms with Gasteiger partial charge in [-0.25, -0.2) is 0 Å². The van der Waals surface area contributed by atoms with E-state index in [0.29, 0.717) is 5.41 Å². The van der Waals surface area contributed by atoms with Gasteiger partial charge < -0.3 is 15.4 Å². The molecule has 0 aliphatic heterocycles. The van der Waals surface area contributed by atoms with E-state index in [9.17, 15) is 0 Å². The first-order chi connectivity index (χ1) is 7.14. The number of methoxy groups -OCH3 is 1. The van der Waals surface area contributed by atoms with Gasteiger partial charge in [-0.15, -0.1) is 0 Å². The molecule has 90 valence electrons. The maximum absolute atomic E-state index is 4.97. The van der Waals surface area contributed by atoms with Crippen LogP contribution in [0.4, 0.5) is 0 Å². The molecule has 1 rings (SSSR count). The van der Waals surface area contributed by atoms with Crippen LogP contribution in [0, 0.1) is 5.41 Å². The van der Waals surface area contributed by atoms with Crippen molar-refractivity contribution in [3.8, 4) is 0 Å². The molecule has 0 amide bonds. The van der Waals surface area contributed by atoms with Crippen LogP contribution in [0.25, 0.3) is 0 Å². The van der Waals surface area contributed by atoms with Crippen molar-refractivity contribution in [3.05, 3.63) is 0 Å². The van der Waals surface area contributed by atoms with Gasteiger partial charge in [0, 0.05) is 32.8 Å². The number of rotatable bonds is 7. The van der Waals surface area contributed by atoms with Crippen LogP contribution in [0.3, 0.4) is 0 Å². The Morgan fingerprint density at radius 3 is 2.67 bits per heavy atom. The third kappa shape index (κ3) is 5.50. The van der Waals surface area contributed by atoms with Gasteiger partial charge in [-0.2, -0.15) is 0 Å². The molecular weight excluding hydrogens is 188 g/mol. The van der Waals surface area contributed by atoms with Gasteiger partial charge in [-0.3, -0.25) is 0 Å². The summed E-state index contributed by atoms with van der Waals surface area (Å²) >= 11 is 0. The minimum Gasteiger partial charge on any atom is -0.383 e. The van der Waals surface area contributed by atoms with Crippen LogP contribution >= 0.6 is 0 Å². The lowest BCUT2D eigenvalue weighted by Crippen LogP contribution is -2.35. The maximum atomic E-state index is 4.97. The molecule has 0 aromatic carbocycles. The number of hydrogen-bond donors (Lipinski definition) is 2. The van der Waals surface area contributed by atoms with Crippen molar-refractivity contribution in [2.75, 3.05) is 33.4 Å². The lowest BCUT2D eigenvalue weighted by Gasteiger charge is -2.17. The predicted octanol–water partition coefficient (Wildman–Crippen LogP) is 1.39. The molecule has 1 fully saturated rings. The molecule has 1 unspecified atom stereocenters. The fourth-order valence-electron chi connectivity index (χ4n) is 2.27. The van der Waals surface area contributed by atoms with E-state index in [-0.39, 0.29) is 0 Å². The predicted molar refractivity (Wildman–Crippen MR) is 64.2 cm³/mol. The van der Waals surface area contributed by atoms with Crippen molar-refractivity contribution in [2.45, 2.75) is 39.2 Å². The summed E-state index contributed by atoms with van der Waals surface area (Å²) in [6.07, 6.45) is 4.03. The van der Waals surface area contributed by atoms with E-state index in [1.807, 2.05) is 0 Å². The summed E-state index contributed by atoms with van der Waals surface area (Å²) in [5, 5.41) is 6.95. The maximum Gasteiger partial charge on any atom is 0.0587 e.